The van der Waals surface area contributed by atoms with E-state index in [9.17, 15) is 9.59 Å². The summed E-state index contributed by atoms with van der Waals surface area (Å²) in [7, 11) is 1.77. The zero-order valence-electron chi connectivity index (χ0n) is 19.5. The highest BCUT2D eigenvalue weighted by molar-refractivity contribution is 7.07. The van der Waals surface area contributed by atoms with Crippen molar-refractivity contribution in [1.29, 1.82) is 0 Å². The SMILES string of the molecule is CC(Oc1ccccc1)C(=O)N1CCc2c(c(C(=O)N(C)Cc3cscn3)nn2CC2CC2)C1. The maximum absolute atomic E-state index is 13.4. The molecule has 0 saturated heterocycles. The summed E-state index contributed by atoms with van der Waals surface area (Å²) in [6, 6.07) is 9.36. The van der Waals surface area contributed by atoms with Gasteiger partial charge in [-0.25, -0.2) is 4.98 Å². The Labute approximate surface area is 203 Å². The van der Waals surface area contributed by atoms with E-state index in [-0.39, 0.29) is 11.8 Å². The zero-order chi connectivity index (χ0) is 23.7. The molecule has 1 aliphatic carbocycles. The van der Waals surface area contributed by atoms with Crippen molar-refractivity contribution in [3.63, 3.8) is 0 Å². The summed E-state index contributed by atoms with van der Waals surface area (Å²) in [4.78, 5) is 34.3. The van der Waals surface area contributed by atoms with Crippen molar-refractivity contribution in [3.8, 4) is 5.75 Å². The Hall–Kier alpha value is -3.20. The van der Waals surface area contributed by atoms with Gasteiger partial charge in [-0.05, 0) is 37.8 Å². The lowest BCUT2D eigenvalue weighted by Crippen LogP contribution is -2.43. The minimum atomic E-state index is -0.614. The molecule has 2 aliphatic rings. The van der Waals surface area contributed by atoms with Crippen LogP contribution in [0, 0.1) is 5.92 Å². The monoisotopic (exact) mass is 479 g/mol. The van der Waals surface area contributed by atoms with Crippen molar-refractivity contribution in [3.05, 3.63) is 63.9 Å². The molecule has 1 aliphatic heterocycles. The van der Waals surface area contributed by atoms with Crippen molar-refractivity contribution < 1.29 is 14.3 Å². The Morgan fingerprint density at radius 2 is 2.06 bits per heavy atom. The van der Waals surface area contributed by atoms with Gasteiger partial charge < -0.3 is 14.5 Å². The molecule has 1 fully saturated rings. The number of nitrogens with zero attached hydrogens (tertiary/aromatic N) is 5. The summed E-state index contributed by atoms with van der Waals surface area (Å²) >= 11 is 1.51. The van der Waals surface area contributed by atoms with Gasteiger partial charge in [0.2, 0.25) is 0 Å². The van der Waals surface area contributed by atoms with Crippen LogP contribution in [-0.2, 0) is 30.8 Å². The molecular weight excluding hydrogens is 450 g/mol. The summed E-state index contributed by atoms with van der Waals surface area (Å²) in [6.07, 6.45) is 2.49. The van der Waals surface area contributed by atoms with Crippen LogP contribution >= 0.6 is 11.3 Å². The van der Waals surface area contributed by atoms with Crippen LogP contribution in [0.15, 0.2) is 41.2 Å². The summed E-state index contributed by atoms with van der Waals surface area (Å²) in [6.45, 7) is 4.00. The van der Waals surface area contributed by atoms with E-state index >= 15 is 0 Å². The van der Waals surface area contributed by atoms with Gasteiger partial charge in [-0.1, -0.05) is 18.2 Å². The van der Waals surface area contributed by atoms with Crippen molar-refractivity contribution in [2.24, 2.45) is 5.92 Å². The maximum atomic E-state index is 13.4. The number of benzene rings is 1. The minimum Gasteiger partial charge on any atom is -0.481 e. The minimum absolute atomic E-state index is 0.0846. The lowest BCUT2D eigenvalue weighted by Gasteiger charge is -2.30. The number of amides is 2. The summed E-state index contributed by atoms with van der Waals surface area (Å²) < 4.78 is 7.88. The summed E-state index contributed by atoms with van der Waals surface area (Å²) in [5.74, 6) is 1.08. The van der Waals surface area contributed by atoms with Gasteiger partial charge in [-0.15, -0.1) is 11.3 Å². The van der Waals surface area contributed by atoms with Crippen LogP contribution in [0.1, 0.15) is 47.2 Å². The number of carbonyl (C=O) groups excluding carboxylic acids is 2. The molecule has 1 atom stereocenters. The number of aromatic nitrogens is 3. The van der Waals surface area contributed by atoms with E-state index in [1.54, 1.807) is 29.3 Å². The zero-order valence-corrected chi connectivity index (χ0v) is 20.3. The molecule has 0 N–H and O–H groups in total. The maximum Gasteiger partial charge on any atom is 0.274 e. The molecule has 2 aromatic heterocycles. The summed E-state index contributed by atoms with van der Waals surface area (Å²) in [5, 5.41) is 6.71. The molecule has 9 heteroatoms. The van der Waals surface area contributed by atoms with E-state index in [0.29, 0.717) is 43.4 Å². The van der Waals surface area contributed by atoms with E-state index in [4.69, 9.17) is 9.84 Å². The van der Waals surface area contributed by atoms with Gasteiger partial charge in [0.05, 0.1) is 17.7 Å². The van der Waals surface area contributed by atoms with Gasteiger partial charge in [-0.2, -0.15) is 5.10 Å². The van der Waals surface area contributed by atoms with Crippen LogP contribution in [0.2, 0.25) is 0 Å². The van der Waals surface area contributed by atoms with Gasteiger partial charge in [0.25, 0.3) is 11.8 Å². The van der Waals surface area contributed by atoms with E-state index in [2.05, 4.69) is 4.98 Å². The third-order valence-corrected chi connectivity index (χ3v) is 7.04. The van der Waals surface area contributed by atoms with Crippen molar-refractivity contribution in [1.82, 2.24) is 24.6 Å². The van der Waals surface area contributed by atoms with E-state index in [1.165, 1.54) is 24.2 Å². The first-order valence-corrected chi connectivity index (χ1v) is 12.7. The third kappa shape index (κ3) is 4.84. The molecule has 3 heterocycles. The fraction of sp³-hybridized carbons (Fsp3) is 0.440. The van der Waals surface area contributed by atoms with E-state index in [0.717, 1.165) is 23.5 Å². The molecule has 0 spiro atoms. The second kappa shape index (κ2) is 9.58. The first-order chi connectivity index (χ1) is 16.5. The average Bonchev–Trinajstić information content (AvgIpc) is 3.38. The molecule has 0 radical (unpaired) electrons. The highest BCUT2D eigenvalue weighted by atomic mass is 32.1. The highest BCUT2D eigenvalue weighted by Gasteiger charge is 2.34. The van der Waals surface area contributed by atoms with Crippen molar-refractivity contribution >= 4 is 23.2 Å². The molecule has 1 unspecified atom stereocenters. The number of fused-ring (bicyclic) bond motifs is 1. The molecule has 34 heavy (non-hydrogen) atoms. The van der Waals surface area contributed by atoms with Gasteiger partial charge in [0.1, 0.15) is 5.75 Å². The van der Waals surface area contributed by atoms with Crippen LogP contribution in [0.25, 0.3) is 0 Å². The molecule has 3 aromatic rings. The van der Waals surface area contributed by atoms with Gasteiger partial charge in [0.15, 0.2) is 11.8 Å². The largest absolute Gasteiger partial charge is 0.481 e. The number of thiazole rings is 1. The predicted molar refractivity (Wildman–Crippen MR) is 129 cm³/mol. The quantitative estimate of drug-likeness (QED) is 0.495. The Kier molecular flexibility index (Phi) is 6.36. The smallest absolute Gasteiger partial charge is 0.274 e. The van der Waals surface area contributed by atoms with E-state index < -0.39 is 6.10 Å². The van der Waals surface area contributed by atoms with Crippen molar-refractivity contribution in [2.45, 2.75) is 51.9 Å². The molecule has 2 amide bonds. The Morgan fingerprint density at radius 1 is 1.26 bits per heavy atom. The molecule has 5 rings (SSSR count). The molecule has 0 bridgehead atoms. The molecular formula is C25H29N5O3S. The first kappa shape index (κ1) is 22.6. The summed E-state index contributed by atoms with van der Waals surface area (Å²) in [5.41, 5.74) is 5.01. The van der Waals surface area contributed by atoms with Gasteiger partial charge >= 0.3 is 0 Å². The lowest BCUT2D eigenvalue weighted by atomic mass is 10.0. The molecule has 178 valence electrons. The fourth-order valence-electron chi connectivity index (χ4n) is 4.37. The van der Waals surface area contributed by atoms with Crippen molar-refractivity contribution in [2.75, 3.05) is 13.6 Å². The normalized spacial score (nSPS) is 16.1. The number of ether oxygens (including phenoxy) is 1. The first-order valence-electron chi connectivity index (χ1n) is 11.7. The number of rotatable bonds is 8. The number of hydrogen-bond acceptors (Lipinski definition) is 6. The second-order valence-electron chi connectivity index (χ2n) is 9.12. The topological polar surface area (TPSA) is 80.6 Å². The predicted octanol–water partition coefficient (Wildman–Crippen LogP) is 3.37. The van der Waals surface area contributed by atoms with Gasteiger partial charge in [-0.3, -0.25) is 14.3 Å². The van der Waals surface area contributed by atoms with Crippen LogP contribution < -0.4 is 4.74 Å². The van der Waals surface area contributed by atoms with Gasteiger partial charge in [0, 0.05) is 49.7 Å². The Morgan fingerprint density at radius 3 is 2.76 bits per heavy atom. The average molecular weight is 480 g/mol. The molecule has 8 nitrogen and oxygen atoms in total. The number of hydrogen-bond donors (Lipinski definition) is 0. The number of carbonyl (C=O) groups is 2. The van der Waals surface area contributed by atoms with E-state index in [1.807, 2.05) is 40.4 Å². The lowest BCUT2D eigenvalue weighted by molar-refractivity contribution is -0.138. The molecule has 1 saturated carbocycles. The van der Waals surface area contributed by atoms with Crippen LogP contribution in [-0.4, -0.2) is 56.1 Å². The molecule has 1 aromatic carbocycles. The van der Waals surface area contributed by atoms with Crippen LogP contribution in [0.3, 0.4) is 0 Å². The Bertz CT molecular complexity index is 1160. The fourth-order valence-corrected chi connectivity index (χ4v) is 4.92. The Balaban J connectivity index is 1.35. The van der Waals surface area contributed by atoms with Crippen LogP contribution in [0.4, 0.5) is 0 Å². The van der Waals surface area contributed by atoms with Crippen LogP contribution in [0.5, 0.6) is 5.75 Å². The highest BCUT2D eigenvalue weighted by Crippen LogP contribution is 2.33. The standard InChI is InChI=1S/C25H29N5O3S/c1-17(33-20-6-4-3-5-7-20)24(31)29-11-10-22-21(14-29)23(27-30(22)12-18-8-9-18)25(32)28(2)13-19-15-34-16-26-19/h3-7,15-18H,8-14H2,1-2H3. The third-order valence-electron chi connectivity index (χ3n) is 6.41. The number of para-hydroxylation sites is 1. The second-order valence-corrected chi connectivity index (χ2v) is 9.84.